The summed E-state index contributed by atoms with van der Waals surface area (Å²) < 4.78 is 13.4. The topological polar surface area (TPSA) is 65.3 Å². The van der Waals surface area contributed by atoms with Crippen LogP contribution in [0.25, 0.3) is 0 Å². The van der Waals surface area contributed by atoms with Crippen LogP contribution in [-0.4, -0.2) is 44.6 Å². The molecule has 0 radical (unpaired) electrons. The van der Waals surface area contributed by atoms with Gasteiger partial charge in [0.15, 0.2) is 0 Å². The van der Waals surface area contributed by atoms with Crippen LogP contribution in [0.15, 0.2) is 49.2 Å². The molecule has 2 aromatic heterocycles. The van der Waals surface area contributed by atoms with Crippen LogP contribution < -0.4 is 9.47 Å². The Morgan fingerprint density at radius 3 is 2.86 bits per heavy atom. The van der Waals surface area contributed by atoms with Gasteiger partial charge in [0.25, 0.3) is 0 Å². The van der Waals surface area contributed by atoms with Crippen molar-refractivity contribution in [3.63, 3.8) is 0 Å². The molecule has 1 atom stereocenters. The maximum Gasteiger partial charge on any atom is 0.241 e. The molecule has 1 fully saturated rings. The van der Waals surface area contributed by atoms with Crippen LogP contribution in [0.3, 0.4) is 0 Å². The monoisotopic (exact) mass is 379 g/mol. The van der Waals surface area contributed by atoms with Crippen LogP contribution in [0.4, 0.5) is 0 Å². The Kier molecular flexibility index (Phi) is 5.53. The Balaban J connectivity index is 1.51. The Morgan fingerprint density at radius 2 is 2.04 bits per heavy atom. The van der Waals surface area contributed by atoms with Crippen molar-refractivity contribution in [1.29, 1.82) is 0 Å². The molecule has 0 aliphatic carbocycles. The molecule has 4 rings (SSSR count). The van der Waals surface area contributed by atoms with Gasteiger partial charge in [-0.3, -0.25) is 9.88 Å². The Morgan fingerprint density at radius 1 is 1.18 bits per heavy atom. The highest BCUT2D eigenvalue weighted by atomic mass is 16.5. The summed E-state index contributed by atoms with van der Waals surface area (Å²) in [6.07, 6.45) is 9.40. The van der Waals surface area contributed by atoms with Crippen LogP contribution in [0.2, 0.25) is 0 Å². The number of ether oxygens (including phenoxy) is 2. The van der Waals surface area contributed by atoms with Gasteiger partial charge in [0, 0.05) is 50.7 Å². The fourth-order valence-corrected chi connectivity index (χ4v) is 3.66. The lowest BCUT2D eigenvalue weighted by Gasteiger charge is -2.32. The summed E-state index contributed by atoms with van der Waals surface area (Å²) in [5.41, 5.74) is 2.13. The van der Waals surface area contributed by atoms with Crippen molar-refractivity contribution in [1.82, 2.24) is 24.4 Å². The highest BCUT2D eigenvalue weighted by Crippen LogP contribution is 2.33. The lowest BCUT2D eigenvalue weighted by Crippen LogP contribution is -2.34. The molecule has 0 spiro atoms. The maximum absolute atomic E-state index is 6.08. The molecule has 0 unspecified atom stereocenters. The molecule has 0 saturated carbocycles. The Bertz CT molecular complexity index is 926. The first-order valence-corrected chi connectivity index (χ1v) is 9.53. The van der Waals surface area contributed by atoms with Gasteiger partial charge in [-0.25, -0.2) is 9.97 Å². The standard InChI is InChI=1S/C21H25N5O2/c1-25-15-22-12-17(25)14-26-10-4-5-16(13-26)20-21(24-9-8-23-20)28-19-7-3-6-18(11-19)27-2/h3,6-9,11-12,15-16H,4-5,10,13-14H2,1-2H3/t16-/m0/s1. The van der Waals surface area contributed by atoms with E-state index in [2.05, 4.69) is 24.4 Å². The summed E-state index contributed by atoms with van der Waals surface area (Å²) in [5.74, 6) is 2.31. The number of likely N-dealkylation sites (tertiary alicyclic amines) is 1. The van der Waals surface area contributed by atoms with E-state index >= 15 is 0 Å². The number of imidazole rings is 1. The highest BCUT2D eigenvalue weighted by Gasteiger charge is 2.26. The smallest absolute Gasteiger partial charge is 0.241 e. The number of benzene rings is 1. The molecule has 3 aromatic rings. The lowest BCUT2D eigenvalue weighted by atomic mass is 9.94. The molecule has 28 heavy (non-hydrogen) atoms. The van der Waals surface area contributed by atoms with Crippen molar-refractivity contribution in [2.24, 2.45) is 7.05 Å². The van der Waals surface area contributed by atoms with Gasteiger partial charge in [0.05, 0.1) is 19.1 Å². The van der Waals surface area contributed by atoms with Crippen molar-refractivity contribution < 1.29 is 9.47 Å². The van der Waals surface area contributed by atoms with Crippen molar-refractivity contribution in [2.45, 2.75) is 25.3 Å². The number of aryl methyl sites for hydroxylation is 1. The molecule has 0 amide bonds. The van der Waals surface area contributed by atoms with Gasteiger partial charge in [-0.15, -0.1) is 0 Å². The fourth-order valence-electron chi connectivity index (χ4n) is 3.66. The van der Waals surface area contributed by atoms with Gasteiger partial charge >= 0.3 is 0 Å². The lowest BCUT2D eigenvalue weighted by molar-refractivity contribution is 0.193. The van der Waals surface area contributed by atoms with E-state index in [0.717, 1.165) is 43.9 Å². The average molecular weight is 379 g/mol. The summed E-state index contributed by atoms with van der Waals surface area (Å²) in [5, 5.41) is 0. The minimum Gasteiger partial charge on any atom is -0.497 e. The highest BCUT2D eigenvalue weighted by molar-refractivity contribution is 5.36. The normalized spacial score (nSPS) is 17.4. The largest absolute Gasteiger partial charge is 0.497 e. The van der Waals surface area contributed by atoms with E-state index in [0.29, 0.717) is 11.6 Å². The second kappa shape index (κ2) is 8.39. The van der Waals surface area contributed by atoms with Crippen LogP contribution in [0.5, 0.6) is 17.4 Å². The number of aromatic nitrogens is 4. The van der Waals surface area contributed by atoms with Gasteiger partial charge in [-0.05, 0) is 31.5 Å². The number of hydrogen-bond acceptors (Lipinski definition) is 6. The van der Waals surface area contributed by atoms with Crippen molar-refractivity contribution in [3.05, 3.63) is 60.6 Å². The van der Waals surface area contributed by atoms with Crippen molar-refractivity contribution in [2.75, 3.05) is 20.2 Å². The van der Waals surface area contributed by atoms with Crippen molar-refractivity contribution >= 4 is 0 Å². The Labute approximate surface area is 165 Å². The molecule has 1 aromatic carbocycles. The second-order valence-corrected chi connectivity index (χ2v) is 7.10. The van der Waals surface area contributed by atoms with Crippen LogP contribution in [0.1, 0.15) is 30.1 Å². The molecule has 1 aliphatic heterocycles. The summed E-state index contributed by atoms with van der Waals surface area (Å²) in [7, 11) is 3.68. The minimum absolute atomic E-state index is 0.288. The molecule has 146 valence electrons. The zero-order valence-corrected chi connectivity index (χ0v) is 16.3. The first kappa shape index (κ1) is 18.4. The first-order chi connectivity index (χ1) is 13.7. The van der Waals surface area contributed by atoms with Gasteiger partial charge in [0.1, 0.15) is 17.2 Å². The van der Waals surface area contributed by atoms with E-state index in [4.69, 9.17) is 9.47 Å². The van der Waals surface area contributed by atoms with Crippen LogP contribution in [0, 0.1) is 0 Å². The number of piperidine rings is 1. The summed E-state index contributed by atoms with van der Waals surface area (Å²) >= 11 is 0. The molecule has 0 bridgehead atoms. The average Bonchev–Trinajstić information content (AvgIpc) is 3.13. The van der Waals surface area contributed by atoms with E-state index in [9.17, 15) is 0 Å². The molecular weight excluding hydrogens is 354 g/mol. The molecule has 0 N–H and O–H groups in total. The van der Waals surface area contributed by atoms with E-state index < -0.39 is 0 Å². The third-order valence-electron chi connectivity index (χ3n) is 5.14. The number of rotatable bonds is 6. The zero-order chi connectivity index (χ0) is 19.3. The molecule has 7 heteroatoms. The second-order valence-electron chi connectivity index (χ2n) is 7.10. The summed E-state index contributed by atoms with van der Waals surface area (Å²) in [6.45, 7) is 2.89. The number of hydrogen-bond donors (Lipinski definition) is 0. The molecule has 1 saturated heterocycles. The van der Waals surface area contributed by atoms with Gasteiger partial charge < -0.3 is 14.0 Å². The number of nitrogens with zero attached hydrogens (tertiary/aromatic N) is 5. The fraction of sp³-hybridized carbons (Fsp3) is 0.381. The molecule has 3 heterocycles. The molecule has 7 nitrogen and oxygen atoms in total. The third kappa shape index (κ3) is 4.14. The predicted octanol–water partition coefficient (Wildman–Crippen LogP) is 3.39. The maximum atomic E-state index is 6.08. The van der Waals surface area contributed by atoms with E-state index in [1.165, 1.54) is 5.69 Å². The molecule has 1 aliphatic rings. The van der Waals surface area contributed by atoms with Gasteiger partial charge in [-0.1, -0.05) is 6.07 Å². The SMILES string of the molecule is COc1cccc(Oc2nccnc2[C@H]2CCCN(Cc3cncn3C)C2)c1. The quantitative estimate of drug-likeness (QED) is 0.654. The van der Waals surface area contributed by atoms with E-state index in [1.54, 1.807) is 19.5 Å². The van der Waals surface area contributed by atoms with E-state index in [-0.39, 0.29) is 5.92 Å². The van der Waals surface area contributed by atoms with E-state index in [1.807, 2.05) is 43.8 Å². The van der Waals surface area contributed by atoms with Crippen LogP contribution >= 0.6 is 0 Å². The summed E-state index contributed by atoms with van der Waals surface area (Å²) in [6, 6.07) is 7.55. The first-order valence-electron chi connectivity index (χ1n) is 9.53. The third-order valence-corrected chi connectivity index (χ3v) is 5.14. The van der Waals surface area contributed by atoms with Crippen LogP contribution in [-0.2, 0) is 13.6 Å². The van der Waals surface area contributed by atoms with Gasteiger partial charge in [-0.2, -0.15) is 0 Å². The predicted molar refractivity (Wildman–Crippen MR) is 106 cm³/mol. The van der Waals surface area contributed by atoms with Gasteiger partial charge in [0.2, 0.25) is 5.88 Å². The number of methoxy groups -OCH3 is 1. The van der Waals surface area contributed by atoms with Crippen molar-refractivity contribution in [3.8, 4) is 17.4 Å². The summed E-state index contributed by atoms with van der Waals surface area (Å²) in [4.78, 5) is 15.8. The Hall–Kier alpha value is -2.93. The molecular formula is C21H25N5O2. The zero-order valence-electron chi connectivity index (χ0n) is 16.3. The minimum atomic E-state index is 0.288.